The van der Waals surface area contributed by atoms with Crippen molar-refractivity contribution in [3.8, 4) is 0 Å². The second-order valence-corrected chi connectivity index (χ2v) is 6.30. The lowest BCUT2D eigenvalue weighted by atomic mass is 10.0. The standard InChI is InChI=1S/C18H30O2/c1-8-9-12-18(5,6)20-16-11-10-13(2)17(19-7)15(4)14(16)3/h11H,8-10,12H2,1-7H3. The SMILES string of the molecule is CCCCC(C)(C)OC1=CCC(C)=C(OC)C(C)=C1C. The lowest BCUT2D eigenvalue weighted by Gasteiger charge is -2.28. The van der Waals surface area contributed by atoms with Crippen LogP contribution in [0.1, 0.15) is 67.2 Å². The van der Waals surface area contributed by atoms with Crippen LogP contribution in [0.15, 0.2) is 34.3 Å². The summed E-state index contributed by atoms with van der Waals surface area (Å²) < 4.78 is 11.8. The maximum atomic E-state index is 6.31. The highest BCUT2D eigenvalue weighted by molar-refractivity contribution is 5.43. The fourth-order valence-electron chi connectivity index (χ4n) is 2.56. The summed E-state index contributed by atoms with van der Waals surface area (Å²) in [6.45, 7) is 12.9. The molecule has 0 amide bonds. The van der Waals surface area contributed by atoms with Crippen molar-refractivity contribution in [1.29, 1.82) is 0 Å². The molecule has 0 aromatic carbocycles. The maximum absolute atomic E-state index is 6.31. The van der Waals surface area contributed by atoms with E-state index in [-0.39, 0.29) is 5.60 Å². The molecule has 0 saturated carbocycles. The molecule has 114 valence electrons. The predicted molar refractivity (Wildman–Crippen MR) is 85.5 cm³/mol. The molecule has 0 radical (unpaired) electrons. The third-order valence-corrected chi connectivity index (χ3v) is 3.98. The largest absolute Gasteiger partial charge is 0.497 e. The van der Waals surface area contributed by atoms with Crippen LogP contribution in [0.3, 0.4) is 0 Å². The van der Waals surface area contributed by atoms with Crippen LogP contribution < -0.4 is 0 Å². The Balaban J connectivity index is 2.96. The molecule has 1 aliphatic rings. The van der Waals surface area contributed by atoms with Crippen molar-refractivity contribution < 1.29 is 9.47 Å². The number of unbranched alkanes of at least 4 members (excludes halogenated alkanes) is 1. The molecule has 0 N–H and O–H groups in total. The number of methoxy groups -OCH3 is 1. The van der Waals surface area contributed by atoms with E-state index < -0.39 is 0 Å². The summed E-state index contributed by atoms with van der Waals surface area (Å²) >= 11 is 0. The Kier molecular flexibility index (Phi) is 5.91. The average Bonchev–Trinajstić information content (AvgIpc) is 2.49. The van der Waals surface area contributed by atoms with E-state index in [1.165, 1.54) is 29.6 Å². The van der Waals surface area contributed by atoms with Crippen LogP contribution in [0.5, 0.6) is 0 Å². The highest BCUT2D eigenvalue weighted by Gasteiger charge is 2.23. The van der Waals surface area contributed by atoms with Gasteiger partial charge in [-0.25, -0.2) is 0 Å². The average molecular weight is 278 g/mol. The van der Waals surface area contributed by atoms with Crippen molar-refractivity contribution in [2.24, 2.45) is 0 Å². The fraction of sp³-hybridized carbons (Fsp3) is 0.667. The minimum absolute atomic E-state index is 0.116. The van der Waals surface area contributed by atoms with E-state index in [4.69, 9.17) is 9.47 Å². The molecule has 0 saturated heterocycles. The van der Waals surface area contributed by atoms with Gasteiger partial charge in [0, 0.05) is 0 Å². The van der Waals surface area contributed by atoms with Gasteiger partial charge in [0.2, 0.25) is 0 Å². The van der Waals surface area contributed by atoms with Crippen LogP contribution in [0.4, 0.5) is 0 Å². The van der Waals surface area contributed by atoms with Gasteiger partial charge in [-0.05, 0) is 76.7 Å². The van der Waals surface area contributed by atoms with Crippen LogP contribution >= 0.6 is 0 Å². The minimum Gasteiger partial charge on any atom is -0.497 e. The first-order valence-corrected chi connectivity index (χ1v) is 7.63. The molecule has 0 heterocycles. The van der Waals surface area contributed by atoms with Crippen molar-refractivity contribution in [1.82, 2.24) is 0 Å². The van der Waals surface area contributed by atoms with Gasteiger partial charge in [-0.2, -0.15) is 0 Å². The summed E-state index contributed by atoms with van der Waals surface area (Å²) in [6.07, 6.45) is 6.55. The second-order valence-electron chi connectivity index (χ2n) is 6.30. The number of allylic oxidation sites excluding steroid dienone is 4. The van der Waals surface area contributed by atoms with E-state index in [2.05, 4.69) is 47.6 Å². The maximum Gasteiger partial charge on any atom is 0.121 e. The molecule has 0 aromatic rings. The van der Waals surface area contributed by atoms with Gasteiger partial charge < -0.3 is 9.47 Å². The molecule has 0 spiro atoms. The zero-order valence-electron chi connectivity index (χ0n) is 14.2. The Morgan fingerprint density at radius 1 is 1.15 bits per heavy atom. The van der Waals surface area contributed by atoms with Crippen LogP contribution in [0.2, 0.25) is 0 Å². The van der Waals surface area contributed by atoms with Gasteiger partial charge in [-0.1, -0.05) is 13.3 Å². The van der Waals surface area contributed by atoms with Gasteiger partial charge in [0.05, 0.1) is 7.11 Å². The Bertz CT molecular complexity index is 436. The van der Waals surface area contributed by atoms with Crippen molar-refractivity contribution in [2.75, 3.05) is 7.11 Å². The molecule has 0 atom stereocenters. The molecule has 2 heteroatoms. The Hall–Kier alpha value is -1.18. The Morgan fingerprint density at radius 3 is 2.35 bits per heavy atom. The van der Waals surface area contributed by atoms with Crippen LogP contribution in [0.25, 0.3) is 0 Å². The van der Waals surface area contributed by atoms with E-state index in [0.717, 1.165) is 24.4 Å². The number of rotatable bonds is 6. The van der Waals surface area contributed by atoms with Crippen molar-refractivity contribution in [3.05, 3.63) is 34.3 Å². The summed E-state index contributed by atoms with van der Waals surface area (Å²) in [5.74, 6) is 2.01. The molecule has 0 aromatic heterocycles. The molecular weight excluding hydrogens is 248 g/mol. The molecular formula is C18H30O2. The van der Waals surface area contributed by atoms with Gasteiger partial charge in [0.25, 0.3) is 0 Å². The highest BCUT2D eigenvalue weighted by atomic mass is 16.5. The number of ether oxygens (including phenoxy) is 2. The Labute approximate surface area is 124 Å². The third-order valence-electron chi connectivity index (χ3n) is 3.98. The van der Waals surface area contributed by atoms with Crippen molar-refractivity contribution in [3.63, 3.8) is 0 Å². The first kappa shape index (κ1) is 16.9. The molecule has 0 fully saturated rings. The van der Waals surface area contributed by atoms with Gasteiger partial charge >= 0.3 is 0 Å². The molecule has 0 bridgehead atoms. The first-order chi connectivity index (χ1) is 9.32. The smallest absolute Gasteiger partial charge is 0.121 e. The first-order valence-electron chi connectivity index (χ1n) is 7.63. The summed E-state index contributed by atoms with van der Waals surface area (Å²) in [7, 11) is 1.74. The van der Waals surface area contributed by atoms with Gasteiger partial charge in [0.1, 0.15) is 17.1 Å². The predicted octanol–water partition coefficient (Wildman–Crippen LogP) is 5.52. The quantitative estimate of drug-likeness (QED) is 0.637. The van der Waals surface area contributed by atoms with Crippen LogP contribution in [-0.4, -0.2) is 12.7 Å². The van der Waals surface area contributed by atoms with E-state index in [1.54, 1.807) is 7.11 Å². The van der Waals surface area contributed by atoms with Crippen molar-refractivity contribution >= 4 is 0 Å². The molecule has 1 rings (SSSR count). The second kappa shape index (κ2) is 7.01. The lowest BCUT2D eigenvalue weighted by Crippen LogP contribution is -2.24. The number of hydrogen-bond acceptors (Lipinski definition) is 2. The molecule has 0 unspecified atom stereocenters. The molecule has 0 aliphatic heterocycles. The van der Waals surface area contributed by atoms with Crippen LogP contribution in [-0.2, 0) is 9.47 Å². The normalized spacial score (nSPS) is 17.1. The molecule has 20 heavy (non-hydrogen) atoms. The van der Waals surface area contributed by atoms with Gasteiger partial charge in [-0.15, -0.1) is 0 Å². The highest BCUT2D eigenvalue weighted by Crippen LogP contribution is 2.33. The fourth-order valence-corrected chi connectivity index (χ4v) is 2.56. The minimum atomic E-state index is -0.116. The molecule has 2 nitrogen and oxygen atoms in total. The summed E-state index contributed by atoms with van der Waals surface area (Å²) in [6, 6.07) is 0. The third kappa shape index (κ3) is 4.16. The summed E-state index contributed by atoms with van der Waals surface area (Å²) in [4.78, 5) is 0. The summed E-state index contributed by atoms with van der Waals surface area (Å²) in [5.41, 5.74) is 3.51. The van der Waals surface area contributed by atoms with Gasteiger partial charge in [-0.3, -0.25) is 0 Å². The van der Waals surface area contributed by atoms with E-state index >= 15 is 0 Å². The molecule has 1 aliphatic carbocycles. The monoisotopic (exact) mass is 278 g/mol. The topological polar surface area (TPSA) is 18.5 Å². The Morgan fingerprint density at radius 2 is 1.80 bits per heavy atom. The van der Waals surface area contributed by atoms with E-state index in [1.807, 2.05) is 0 Å². The summed E-state index contributed by atoms with van der Waals surface area (Å²) in [5, 5.41) is 0. The number of hydrogen-bond donors (Lipinski definition) is 0. The van der Waals surface area contributed by atoms with E-state index in [0.29, 0.717) is 0 Å². The van der Waals surface area contributed by atoms with Crippen molar-refractivity contribution in [2.45, 2.75) is 72.8 Å². The van der Waals surface area contributed by atoms with Crippen LogP contribution in [0, 0.1) is 0 Å². The lowest BCUT2D eigenvalue weighted by molar-refractivity contribution is 0.0295. The zero-order valence-corrected chi connectivity index (χ0v) is 14.2. The van der Waals surface area contributed by atoms with E-state index in [9.17, 15) is 0 Å². The zero-order chi connectivity index (χ0) is 15.3. The van der Waals surface area contributed by atoms with Gasteiger partial charge in [0.15, 0.2) is 0 Å².